The fourth-order valence-corrected chi connectivity index (χ4v) is 6.43. The van der Waals surface area contributed by atoms with Crippen molar-refractivity contribution in [2.45, 2.75) is 74.0 Å². The molecule has 1 aromatic rings. The quantitative estimate of drug-likeness (QED) is 0.477. The molecule has 0 bridgehead atoms. The molecule has 0 spiro atoms. The van der Waals surface area contributed by atoms with Crippen molar-refractivity contribution >= 4 is 5.78 Å². The molecule has 0 unspecified atom stereocenters. The Hall–Kier alpha value is -2.34. The predicted octanol–water partition coefficient (Wildman–Crippen LogP) is 2.66. The Labute approximate surface area is 194 Å². The first-order valence-corrected chi connectivity index (χ1v) is 12.2. The molecule has 2 aliphatic carbocycles. The molecular formula is C25H32N4O4. The van der Waals surface area contributed by atoms with Crippen molar-refractivity contribution in [1.82, 2.24) is 10.2 Å². The van der Waals surface area contributed by atoms with Gasteiger partial charge >= 0.3 is 0 Å². The van der Waals surface area contributed by atoms with Gasteiger partial charge in [0, 0.05) is 61.0 Å². The number of hydrogen-bond acceptors (Lipinski definition) is 7. The predicted molar refractivity (Wildman–Crippen MR) is 121 cm³/mol. The van der Waals surface area contributed by atoms with E-state index >= 15 is 0 Å². The number of carbonyl (C=O) groups excluding carboxylic acids is 1. The molecule has 2 saturated carbocycles. The lowest BCUT2D eigenvalue weighted by Gasteiger charge is -2.56. The number of benzene rings is 1. The van der Waals surface area contributed by atoms with Crippen LogP contribution in [-0.4, -0.2) is 65.1 Å². The fourth-order valence-electron chi connectivity index (χ4n) is 6.43. The molecule has 4 fully saturated rings. The van der Waals surface area contributed by atoms with Gasteiger partial charge in [0.2, 0.25) is 5.78 Å². The highest BCUT2D eigenvalue weighted by Crippen LogP contribution is 2.52. The molecule has 2 heterocycles. The number of rotatable bonds is 8. The standard InChI is InChI=1S/C25H32N4O4/c26-10-9-24(16-25(17-24,29(31)32)23(30)19-8-13-33-15-19)28-11-6-20(7-12-28)27-22-14-21(22)18-4-2-1-3-5-18/h1-5,19-22,27H,6-9,11-17H2/t19-,21-,22+,24?,25?/m0/s1. The second-order valence-corrected chi connectivity index (χ2v) is 10.4. The Bertz CT molecular complexity index is 925. The Kier molecular flexibility index (Phi) is 5.98. The molecule has 0 radical (unpaired) electrons. The number of nitrogens with one attached hydrogen (secondary N) is 1. The number of nitriles is 1. The van der Waals surface area contributed by atoms with Gasteiger partial charge in [-0.2, -0.15) is 5.26 Å². The SMILES string of the molecule is N#CCC1(N2CCC(N[C@@H]3C[C@H]3c3ccccc3)CC2)CC(C(=O)[C@H]2CCOC2)([N+](=O)[O-])C1. The Morgan fingerprint density at radius 3 is 2.58 bits per heavy atom. The monoisotopic (exact) mass is 452 g/mol. The van der Waals surface area contributed by atoms with E-state index in [9.17, 15) is 20.2 Å². The van der Waals surface area contributed by atoms with Gasteiger partial charge in [0.25, 0.3) is 5.54 Å². The lowest BCUT2D eigenvalue weighted by molar-refractivity contribution is -0.577. The number of likely N-dealkylation sites (tertiary alicyclic amines) is 1. The maximum atomic E-state index is 13.1. The summed E-state index contributed by atoms with van der Waals surface area (Å²) >= 11 is 0. The van der Waals surface area contributed by atoms with Gasteiger partial charge < -0.3 is 10.1 Å². The zero-order chi connectivity index (χ0) is 23.1. The maximum Gasteiger partial charge on any atom is 0.283 e. The summed E-state index contributed by atoms with van der Waals surface area (Å²) in [4.78, 5) is 27.0. The summed E-state index contributed by atoms with van der Waals surface area (Å²) in [6.07, 6.45) is 4.16. The van der Waals surface area contributed by atoms with Gasteiger partial charge in [0.05, 0.1) is 25.0 Å². The number of Topliss-reactive ketones (excluding diaryl/α,β-unsaturated/α-hetero) is 1. The van der Waals surface area contributed by atoms with E-state index in [2.05, 4.69) is 40.6 Å². The smallest absolute Gasteiger partial charge is 0.283 e. The lowest BCUT2D eigenvalue weighted by Crippen LogP contribution is -2.72. The summed E-state index contributed by atoms with van der Waals surface area (Å²) in [5.41, 5.74) is -0.724. The van der Waals surface area contributed by atoms with E-state index in [1.165, 1.54) is 12.0 Å². The van der Waals surface area contributed by atoms with Crippen LogP contribution in [0.3, 0.4) is 0 Å². The topological polar surface area (TPSA) is 108 Å². The molecule has 2 saturated heterocycles. The molecule has 176 valence electrons. The van der Waals surface area contributed by atoms with E-state index in [0.717, 1.165) is 25.9 Å². The minimum atomic E-state index is -1.55. The van der Waals surface area contributed by atoms with Crippen LogP contribution in [0.25, 0.3) is 0 Å². The molecule has 8 heteroatoms. The Morgan fingerprint density at radius 1 is 1.24 bits per heavy atom. The highest BCUT2D eigenvalue weighted by atomic mass is 16.6. The summed E-state index contributed by atoms with van der Waals surface area (Å²) in [6, 6.07) is 13.8. The van der Waals surface area contributed by atoms with Crippen LogP contribution in [0.1, 0.15) is 56.4 Å². The molecule has 0 amide bonds. The van der Waals surface area contributed by atoms with Gasteiger partial charge in [-0.3, -0.25) is 19.8 Å². The molecule has 3 atom stereocenters. The number of ketones is 1. The van der Waals surface area contributed by atoms with E-state index < -0.39 is 11.1 Å². The highest BCUT2D eigenvalue weighted by Gasteiger charge is 2.70. The van der Waals surface area contributed by atoms with Crippen molar-refractivity contribution in [1.29, 1.82) is 5.26 Å². The third kappa shape index (κ3) is 4.07. The summed E-state index contributed by atoms with van der Waals surface area (Å²) in [5.74, 6) is -0.0931. The number of piperidine rings is 1. The third-order valence-corrected chi connectivity index (χ3v) is 8.39. The van der Waals surface area contributed by atoms with Crippen molar-refractivity contribution in [3.05, 3.63) is 46.0 Å². The second kappa shape index (κ2) is 8.79. The Balaban J connectivity index is 1.19. The fraction of sp³-hybridized carbons (Fsp3) is 0.680. The second-order valence-electron chi connectivity index (χ2n) is 10.4. The van der Waals surface area contributed by atoms with Crippen LogP contribution >= 0.6 is 0 Å². The molecule has 2 aliphatic heterocycles. The normalized spacial score (nSPS) is 36.6. The summed E-state index contributed by atoms with van der Waals surface area (Å²) in [6.45, 7) is 2.37. The van der Waals surface area contributed by atoms with E-state index in [4.69, 9.17) is 4.74 Å². The molecule has 4 aliphatic rings. The van der Waals surface area contributed by atoms with Crippen LogP contribution in [0.2, 0.25) is 0 Å². The van der Waals surface area contributed by atoms with E-state index in [-0.39, 0.29) is 42.5 Å². The average Bonchev–Trinajstić information content (AvgIpc) is 3.34. The number of ether oxygens (including phenoxy) is 1. The van der Waals surface area contributed by atoms with Gasteiger partial charge in [0.1, 0.15) is 0 Å². The Morgan fingerprint density at radius 2 is 1.97 bits per heavy atom. The average molecular weight is 453 g/mol. The molecule has 1 N–H and O–H groups in total. The van der Waals surface area contributed by atoms with Crippen LogP contribution in [0.4, 0.5) is 0 Å². The number of nitro groups is 1. The first kappa shape index (κ1) is 22.5. The van der Waals surface area contributed by atoms with Crippen molar-refractivity contribution in [2.24, 2.45) is 5.92 Å². The zero-order valence-electron chi connectivity index (χ0n) is 18.9. The first-order valence-electron chi connectivity index (χ1n) is 12.2. The van der Waals surface area contributed by atoms with Gasteiger partial charge in [-0.05, 0) is 31.2 Å². The van der Waals surface area contributed by atoms with Gasteiger partial charge in [-0.1, -0.05) is 30.3 Å². The summed E-state index contributed by atoms with van der Waals surface area (Å²) in [5, 5.41) is 25.3. The van der Waals surface area contributed by atoms with Crippen molar-refractivity contribution in [2.75, 3.05) is 26.3 Å². The number of hydrogen-bond donors (Lipinski definition) is 1. The van der Waals surface area contributed by atoms with Crippen molar-refractivity contribution < 1.29 is 14.5 Å². The number of carbonyl (C=O) groups is 1. The molecule has 0 aromatic heterocycles. The molecule has 1 aromatic carbocycles. The van der Waals surface area contributed by atoms with Crippen molar-refractivity contribution in [3.63, 3.8) is 0 Å². The minimum absolute atomic E-state index is 0.146. The number of nitrogens with zero attached hydrogens (tertiary/aromatic N) is 3. The molecule has 8 nitrogen and oxygen atoms in total. The largest absolute Gasteiger partial charge is 0.381 e. The van der Waals surface area contributed by atoms with Gasteiger partial charge in [0.15, 0.2) is 0 Å². The van der Waals surface area contributed by atoms with Gasteiger partial charge in [-0.15, -0.1) is 0 Å². The lowest BCUT2D eigenvalue weighted by atomic mass is 9.57. The molecule has 5 rings (SSSR count). The molecule has 33 heavy (non-hydrogen) atoms. The van der Waals surface area contributed by atoms with E-state index in [0.29, 0.717) is 31.0 Å². The summed E-state index contributed by atoms with van der Waals surface area (Å²) < 4.78 is 5.31. The minimum Gasteiger partial charge on any atom is -0.381 e. The van der Waals surface area contributed by atoms with Crippen LogP contribution in [-0.2, 0) is 9.53 Å². The summed E-state index contributed by atoms with van der Waals surface area (Å²) in [7, 11) is 0. The van der Waals surface area contributed by atoms with Crippen LogP contribution in [0.15, 0.2) is 30.3 Å². The van der Waals surface area contributed by atoms with Crippen LogP contribution < -0.4 is 5.32 Å². The van der Waals surface area contributed by atoms with Crippen LogP contribution in [0.5, 0.6) is 0 Å². The van der Waals surface area contributed by atoms with E-state index in [1.54, 1.807) is 0 Å². The first-order chi connectivity index (χ1) is 16.0. The van der Waals surface area contributed by atoms with Crippen molar-refractivity contribution in [3.8, 4) is 6.07 Å². The highest BCUT2D eigenvalue weighted by molar-refractivity contribution is 5.91. The van der Waals surface area contributed by atoms with Crippen LogP contribution in [0, 0.1) is 27.4 Å². The third-order valence-electron chi connectivity index (χ3n) is 8.39. The maximum absolute atomic E-state index is 13.1. The van der Waals surface area contributed by atoms with Gasteiger partial charge in [-0.25, -0.2) is 0 Å². The van der Waals surface area contributed by atoms with E-state index in [1.807, 2.05) is 6.07 Å². The zero-order valence-corrected chi connectivity index (χ0v) is 18.9. The molecular weight excluding hydrogens is 420 g/mol.